The van der Waals surface area contributed by atoms with Gasteiger partial charge in [-0.1, -0.05) is 91.9 Å². The summed E-state index contributed by atoms with van der Waals surface area (Å²) in [5.74, 6) is -0.264. The van der Waals surface area contributed by atoms with Gasteiger partial charge in [-0.2, -0.15) is 0 Å². The average molecular weight is 388 g/mol. The lowest BCUT2D eigenvalue weighted by atomic mass is 10.2. The zero-order valence-electron chi connectivity index (χ0n) is 16.3. The van der Waals surface area contributed by atoms with Crippen molar-refractivity contribution in [3.63, 3.8) is 0 Å². The van der Waals surface area contributed by atoms with E-state index in [1.165, 1.54) is 10.6 Å². The van der Waals surface area contributed by atoms with E-state index in [2.05, 4.69) is 30.3 Å². The summed E-state index contributed by atoms with van der Waals surface area (Å²) in [7, 11) is -0.855. The summed E-state index contributed by atoms with van der Waals surface area (Å²) in [4.78, 5) is 13.0. The molecule has 0 saturated heterocycles. The van der Waals surface area contributed by atoms with Gasteiger partial charge in [0.05, 0.1) is 5.56 Å². The predicted octanol–water partition coefficient (Wildman–Crippen LogP) is 4.96. The van der Waals surface area contributed by atoms with Crippen LogP contribution in [0.4, 0.5) is 0 Å². The Bertz CT molecular complexity index is 880. The van der Waals surface area contributed by atoms with E-state index in [1.807, 2.05) is 80.6 Å². The van der Waals surface area contributed by atoms with Crippen molar-refractivity contribution in [3.05, 3.63) is 103 Å². The third-order valence-corrected chi connectivity index (χ3v) is 6.96. The van der Waals surface area contributed by atoms with Crippen LogP contribution < -0.4 is 15.9 Å². The Morgan fingerprint density at radius 3 is 1.96 bits per heavy atom. The number of esters is 1. The minimum atomic E-state index is -0.855. The first kappa shape index (κ1) is 20.0. The molecule has 1 atom stereocenters. The van der Waals surface area contributed by atoms with Crippen LogP contribution in [0.2, 0.25) is 0 Å². The maximum absolute atomic E-state index is 13.0. The summed E-state index contributed by atoms with van der Waals surface area (Å²) in [5.41, 5.74) is 0.643. The summed E-state index contributed by atoms with van der Waals surface area (Å²) in [6.07, 6.45) is 4.40. The van der Waals surface area contributed by atoms with Crippen molar-refractivity contribution in [2.24, 2.45) is 0 Å². The molecule has 0 bridgehead atoms. The van der Waals surface area contributed by atoms with Gasteiger partial charge in [-0.25, -0.2) is 4.79 Å². The monoisotopic (exact) mass is 388 g/mol. The molecule has 0 saturated carbocycles. The molecule has 0 aliphatic rings. The molecule has 3 aromatic rings. The van der Waals surface area contributed by atoms with Gasteiger partial charge in [0, 0.05) is 0 Å². The fraction of sp³-hybridized carbons (Fsp3) is 0.160. The predicted molar refractivity (Wildman–Crippen MR) is 119 cm³/mol. The SMILES string of the molecule is CC=C[C@@H](CC)OC(=O)c1ccccc1P(c1ccccc1)c1ccccc1. The third kappa shape index (κ3) is 4.77. The van der Waals surface area contributed by atoms with Crippen LogP contribution in [0.5, 0.6) is 0 Å². The molecule has 28 heavy (non-hydrogen) atoms. The van der Waals surface area contributed by atoms with E-state index in [-0.39, 0.29) is 12.1 Å². The quantitative estimate of drug-likeness (QED) is 0.325. The molecule has 0 radical (unpaired) electrons. The van der Waals surface area contributed by atoms with Crippen LogP contribution in [0.1, 0.15) is 30.6 Å². The average Bonchev–Trinajstić information content (AvgIpc) is 2.75. The molecule has 3 rings (SSSR count). The summed E-state index contributed by atoms with van der Waals surface area (Å²) < 4.78 is 5.77. The molecule has 0 aliphatic heterocycles. The molecular formula is C25H25O2P. The number of hydrogen-bond donors (Lipinski definition) is 0. The largest absolute Gasteiger partial charge is 0.455 e. The lowest BCUT2D eigenvalue weighted by molar-refractivity contribution is 0.0390. The fourth-order valence-electron chi connectivity index (χ4n) is 3.10. The Balaban J connectivity index is 2.06. The van der Waals surface area contributed by atoms with Crippen molar-refractivity contribution in [1.29, 1.82) is 0 Å². The molecule has 0 N–H and O–H groups in total. The number of ether oxygens (including phenoxy) is 1. The highest BCUT2D eigenvalue weighted by Gasteiger charge is 2.23. The van der Waals surface area contributed by atoms with Crippen LogP contribution in [0, 0.1) is 0 Å². The molecule has 0 fully saturated rings. The van der Waals surface area contributed by atoms with Gasteiger partial charge in [-0.15, -0.1) is 0 Å². The van der Waals surface area contributed by atoms with Gasteiger partial charge in [0.1, 0.15) is 6.10 Å². The highest BCUT2D eigenvalue weighted by molar-refractivity contribution is 7.80. The molecule has 0 amide bonds. The molecule has 0 unspecified atom stereocenters. The zero-order valence-corrected chi connectivity index (χ0v) is 17.2. The minimum absolute atomic E-state index is 0.203. The number of carbonyl (C=O) groups is 1. The maximum Gasteiger partial charge on any atom is 0.339 e. The summed E-state index contributed by atoms with van der Waals surface area (Å²) in [5, 5.41) is 3.45. The van der Waals surface area contributed by atoms with E-state index in [0.717, 1.165) is 11.7 Å². The molecule has 0 heterocycles. The minimum Gasteiger partial charge on any atom is -0.455 e. The van der Waals surface area contributed by atoms with E-state index in [0.29, 0.717) is 5.56 Å². The number of hydrogen-bond acceptors (Lipinski definition) is 2. The third-order valence-electron chi connectivity index (χ3n) is 4.46. The van der Waals surface area contributed by atoms with E-state index in [1.54, 1.807) is 0 Å². The number of rotatable bonds is 7. The summed E-state index contributed by atoms with van der Waals surface area (Å²) in [6, 6.07) is 28.6. The van der Waals surface area contributed by atoms with Gasteiger partial charge < -0.3 is 4.74 Å². The smallest absolute Gasteiger partial charge is 0.339 e. The van der Waals surface area contributed by atoms with Gasteiger partial charge in [-0.3, -0.25) is 0 Å². The van der Waals surface area contributed by atoms with Crippen molar-refractivity contribution in [1.82, 2.24) is 0 Å². The molecule has 0 aliphatic carbocycles. The van der Waals surface area contributed by atoms with Gasteiger partial charge in [0.2, 0.25) is 0 Å². The fourth-order valence-corrected chi connectivity index (χ4v) is 5.53. The highest BCUT2D eigenvalue weighted by Crippen LogP contribution is 2.34. The normalized spacial score (nSPS) is 12.2. The molecule has 0 aromatic heterocycles. The summed E-state index contributed by atoms with van der Waals surface area (Å²) in [6.45, 7) is 3.96. The molecule has 2 nitrogen and oxygen atoms in total. The topological polar surface area (TPSA) is 26.3 Å². The number of benzene rings is 3. The van der Waals surface area contributed by atoms with E-state index in [4.69, 9.17) is 4.74 Å². The van der Waals surface area contributed by atoms with Crippen molar-refractivity contribution in [3.8, 4) is 0 Å². The van der Waals surface area contributed by atoms with Crippen molar-refractivity contribution < 1.29 is 9.53 Å². The Labute approximate surface area is 168 Å². The summed E-state index contributed by atoms with van der Waals surface area (Å²) >= 11 is 0. The second-order valence-electron chi connectivity index (χ2n) is 6.40. The molecule has 3 aromatic carbocycles. The molecule has 3 heteroatoms. The van der Waals surface area contributed by atoms with Crippen molar-refractivity contribution in [2.45, 2.75) is 26.4 Å². The molecule has 142 valence electrons. The van der Waals surface area contributed by atoms with Gasteiger partial charge >= 0.3 is 5.97 Å². The van der Waals surface area contributed by atoms with E-state index >= 15 is 0 Å². The van der Waals surface area contributed by atoms with Gasteiger partial charge in [0.25, 0.3) is 0 Å². The van der Waals surface area contributed by atoms with E-state index < -0.39 is 7.92 Å². The molecular weight excluding hydrogens is 363 g/mol. The van der Waals surface area contributed by atoms with Crippen LogP contribution >= 0.6 is 7.92 Å². The highest BCUT2D eigenvalue weighted by atomic mass is 31.1. The van der Waals surface area contributed by atoms with Crippen molar-refractivity contribution >= 4 is 29.8 Å². The Morgan fingerprint density at radius 1 is 0.893 bits per heavy atom. The maximum atomic E-state index is 13.0. The number of carbonyl (C=O) groups excluding carboxylic acids is 1. The lowest BCUT2D eigenvalue weighted by Gasteiger charge is -2.22. The first-order valence-corrected chi connectivity index (χ1v) is 10.9. The van der Waals surface area contributed by atoms with Crippen molar-refractivity contribution in [2.75, 3.05) is 0 Å². The van der Waals surface area contributed by atoms with Crippen LogP contribution in [-0.2, 0) is 4.74 Å². The first-order chi connectivity index (χ1) is 13.7. The van der Waals surface area contributed by atoms with Gasteiger partial charge in [0.15, 0.2) is 0 Å². The standard InChI is InChI=1S/C25H25O2P/c1-3-13-20(4-2)27-25(26)23-18-11-12-19-24(23)28(21-14-7-5-8-15-21)22-16-9-6-10-17-22/h3,5-20H,4H2,1-2H3/t20-/m1/s1. The van der Waals surface area contributed by atoms with Crippen LogP contribution in [0.3, 0.4) is 0 Å². The Morgan fingerprint density at radius 2 is 1.43 bits per heavy atom. The lowest BCUT2D eigenvalue weighted by Crippen LogP contribution is -2.27. The first-order valence-electron chi connectivity index (χ1n) is 9.57. The second kappa shape index (κ2) is 10.0. The second-order valence-corrected chi connectivity index (χ2v) is 8.59. The van der Waals surface area contributed by atoms with Crippen LogP contribution in [0.25, 0.3) is 0 Å². The van der Waals surface area contributed by atoms with Crippen LogP contribution in [-0.4, -0.2) is 12.1 Å². The zero-order chi connectivity index (χ0) is 19.8. The number of allylic oxidation sites excluding steroid dienone is 1. The Hall–Kier alpha value is -2.70. The Kier molecular flexibility index (Phi) is 7.17. The van der Waals surface area contributed by atoms with E-state index in [9.17, 15) is 4.79 Å². The molecule has 0 spiro atoms. The van der Waals surface area contributed by atoms with Gasteiger partial charge in [-0.05, 0) is 49.3 Å². The van der Waals surface area contributed by atoms with Crippen LogP contribution in [0.15, 0.2) is 97.1 Å².